The Labute approximate surface area is 179 Å². The summed E-state index contributed by atoms with van der Waals surface area (Å²) in [4.78, 5) is 23.4. The summed E-state index contributed by atoms with van der Waals surface area (Å²) in [6.07, 6.45) is 1.27. The summed E-state index contributed by atoms with van der Waals surface area (Å²) in [6, 6.07) is 3.39. The van der Waals surface area contributed by atoms with Crippen LogP contribution in [-0.2, 0) is 0 Å². The van der Waals surface area contributed by atoms with Gasteiger partial charge in [-0.3, -0.25) is 0 Å². The molecule has 1 fully saturated rings. The smallest absolute Gasteiger partial charge is 0.422 e. The molecule has 0 saturated carbocycles. The Kier molecular flexibility index (Phi) is 5.38. The van der Waals surface area contributed by atoms with Gasteiger partial charge in [-0.2, -0.15) is 4.98 Å². The molecule has 1 aliphatic heterocycles. The summed E-state index contributed by atoms with van der Waals surface area (Å²) < 4.78 is 17.3. The number of ether oxygens (including phenoxy) is 2. The van der Waals surface area contributed by atoms with E-state index >= 15 is 0 Å². The highest BCUT2D eigenvalue weighted by Crippen LogP contribution is 2.35. The maximum absolute atomic E-state index is 12.3. The minimum absolute atomic E-state index is 0.0707. The number of oxazole rings is 1. The Morgan fingerprint density at radius 3 is 2.39 bits per heavy atom. The second-order valence-corrected chi connectivity index (χ2v) is 7.93. The van der Waals surface area contributed by atoms with Crippen LogP contribution in [0.5, 0.6) is 17.4 Å². The number of aromatic nitrogens is 3. The zero-order chi connectivity index (χ0) is 22.3. The lowest BCUT2D eigenvalue weighted by molar-refractivity contribution is 0.324. The van der Waals surface area contributed by atoms with E-state index in [0.717, 1.165) is 0 Å². The van der Waals surface area contributed by atoms with Gasteiger partial charge in [-0.05, 0) is 18.9 Å². The van der Waals surface area contributed by atoms with Crippen molar-refractivity contribution in [3.63, 3.8) is 0 Å². The van der Waals surface area contributed by atoms with E-state index in [1.54, 1.807) is 26.4 Å². The molecule has 3 aromatic rings. The number of nitrogens with two attached hydrogens (primary N) is 1. The first-order valence-corrected chi connectivity index (χ1v) is 10.2. The first-order chi connectivity index (χ1) is 14.8. The van der Waals surface area contributed by atoms with Gasteiger partial charge in [0.1, 0.15) is 5.82 Å². The second kappa shape index (κ2) is 8.01. The molecule has 31 heavy (non-hydrogen) atoms. The molecule has 0 unspecified atom stereocenters. The van der Waals surface area contributed by atoms with Crippen LogP contribution < -0.4 is 25.9 Å². The average Bonchev–Trinajstić information content (AvgIpc) is 3.07. The highest BCUT2D eigenvalue weighted by atomic mass is 16.5. The van der Waals surface area contributed by atoms with Crippen molar-refractivity contribution in [3.8, 4) is 17.4 Å². The van der Waals surface area contributed by atoms with E-state index in [2.05, 4.69) is 9.97 Å². The molecule has 10 nitrogen and oxygen atoms in total. The fourth-order valence-electron chi connectivity index (χ4n) is 4.02. The van der Waals surface area contributed by atoms with Crippen LogP contribution in [0.3, 0.4) is 0 Å². The molecular weight excluding hydrogens is 402 g/mol. The third-order valence-corrected chi connectivity index (χ3v) is 5.70. The fraction of sp³-hybridized carbons (Fsp3) is 0.476. The Balaban J connectivity index is 1.58. The van der Waals surface area contributed by atoms with Gasteiger partial charge < -0.3 is 29.6 Å². The minimum Gasteiger partial charge on any atom is -0.493 e. The first-order valence-electron chi connectivity index (χ1n) is 10.2. The molecule has 1 aromatic carbocycles. The number of piperidine rings is 1. The lowest BCUT2D eigenvalue weighted by Gasteiger charge is -2.32. The average molecular weight is 429 g/mol. The van der Waals surface area contributed by atoms with Crippen LogP contribution in [0, 0.1) is 0 Å². The van der Waals surface area contributed by atoms with Crippen molar-refractivity contribution in [2.24, 2.45) is 0 Å². The monoisotopic (exact) mass is 429 g/mol. The standard InChI is InChI=1S/C21H27N5O5/c1-11(2)17-19(27)26(21(28)31-17)12-5-7-25(8-6-12)20-23-14-10-16(30-4)15(29-3)9-13(14)18(22)24-20/h9-12,27H,5-8H2,1-4H3,(H2,22,23,24). The van der Waals surface area contributed by atoms with Crippen molar-refractivity contribution in [3.05, 3.63) is 28.4 Å². The number of aromatic hydroxyl groups is 1. The molecule has 3 N–H and O–H groups in total. The van der Waals surface area contributed by atoms with E-state index in [1.165, 1.54) is 4.57 Å². The van der Waals surface area contributed by atoms with Gasteiger partial charge in [0.05, 0.1) is 19.7 Å². The molecule has 0 atom stereocenters. The zero-order valence-electron chi connectivity index (χ0n) is 18.1. The van der Waals surface area contributed by atoms with Gasteiger partial charge in [0, 0.05) is 36.5 Å². The number of nitrogens with zero attached hydrogens (tertiary/aromatic N) is 4. The molecule has 0 radical (unpaired) electrons. The Morgan fingerprint density at radius 2 is 1.81 bits per heavy atom. The van der Waals surface area contributed by atoms with Crippen LogP contribution in [0.2, 0.25) is 0 Å². The largest absolute Gasteiger partial charge is 0.493 e. The molecule has 10 heteroatoms. The predicted molar refractivity (Wildman–Crippen MR) is 116 cm³/mol. The fourth-order valence-corrected chi connectivity index (χ4v) is 4.02. The number of nitrogen functional groups attached to an aromatic ring is 1. The van der Waals surface area contributed by atoms with Crippen LogP contribution in [0.4, 0.5) is 11.8 Å². The summed E-state index contributed by atoms with van der Waals surface area (Å²) >= 11 is 0. The molecule has 4 rings (SSSR count). The topological polar surface area (TPSA) is 129 Å². The zero-order valence-corrected chi connectivity index (χ0v) is 18.1. The maximum Gasteiger partial charge on any atom is 0.422 e. The van der Waals surface area contributed by atoms with E-state index in [9.17, 15) is 9.90 Å². The van der Waals surface area contributed by atoms with Crippen LogP contribution in [0.25, 0.3) is 10.9 Å². The lowest BCUT2D eigenvalue weighted by Crippen LogP contribution is -2.37. The molecule has 0 spiro atoms. The van der Waals surface area contributed by atoms with Crippen molar-refractivity contribution in [2.75, 3.05) is 37.9 Å². The third-order valence-electron chi connectivity index (χ3n) is 5.70. The van der Waals surface area contributed by atoms with Gasteiger partial charge in [0.15, 0.2) is 17.3 Å². The highest BCUT2D eigenvalue weighted by Gasteiger charge is 2.29. The summed E-state index contributed by atoms with van der Waals surface area (Å²) in [7, 11) is 3.13. The van der Waals surface area contributed by atoms with Crippen molar-refractivity contribution < 1.29 is 19.0 Å². The summed E-state index contributed by atoms with van der Waals surface area (Å²) in [5.74, 6) is 1.65. The molecule has 3 heterocycles. The number of anilines is 2. The van der Waals surface area contributed by atoms with Crippen molar-refractivity contribution >= 4 is 22.7 Å². The number of hydrogen-bond donors (Lipinski definition) is 2. The van der Waals surface area contributed by atoms with E-state index < -0.39 is 5.76 Å². The van der Waals surface area contributed by atoms with Gasteiger partial charge in [-0.15, -0.1) is 0 Å². The molecular formula is C21H27N5O5. The predicted octanol–water partition coefficient (Wildman–Crippen LogP) is 2.65. The number of fused-ring (bicyclic) bond motifs is 1. The second-order valence-electron chi connectivity index (χ2n) is 7.93. The molecule has 2 aromatic heterocycles. The minimum atomic E-state index is -0.521. The Hall–Kier alpha value is -3.43. The third kappa shape index (κ3) is 3.62. The van der Waals surface area contributed by atoms with E-state index in [0.29, 0.717) is 65.9 Å². The Bertz CT molecular complexity index is 1160. The van der Waals surface area contributed by atoms with Gasteiger partial charge in [0.25, 0.3) is 0 Å². The van der Waals surface area contributed by atoms with E-state index in [4.69, 9.17) is 19.6 Å². The van der Waals surface area contributed by atoms with Crippen LogP contribution in [0.1, 0.15) is 44.4 Å². The van der Waals surface area contributed by atoms with Crippen molar-refractivity contribution in [1.29, 1.82) is 0 Å². The SMILES string of the molecule is COc1cc2nc(N3CCC(n4c(O)c(C(C)C)oc4=O)CC3)nc(N)c2cc1OC. The summed E-state index contributed by atoms with van der Waals surface area (Å²) in [5.41, 5.74) is 6.86. The van der Waals surface area contributed by atoms with Gasteiger partial charge in [0.2, 0.25) is 11.8 Å². The van der Waals surface area contributed by atoms with Gasteiger partial charge >= 0.3 is 5.76 Å². The number of benzene rings is 1. The van der Waals surface area contributed by atoms with Crippen molar-refractivity contribution in [1.82, 2.24) is 14.5 Å². The lowest BCUT2D eigenvalue weighted by atomic mass is 10.0. The molecule has 0 amide bonds. The molecule has 0 aliphatic carbocycles. The van der Waals surface area contributed by atoms with Gasteiger partial charge in [-0.25, -0.2) is 14.3 Å². The summed E-state index contributed by atoms with van der Waals surface area (Å²) in [6.45, 7) is 4.96. The molecule has 0 bridgehead atoms. The van der Waals surface area contributed by atoms with Crippen LogP contribution in [0.15, 0.2) is 21.3 Å². The molecule has 166 valence electrons. The maximum atomic E-state index is 12.3. The number of rotatable bonds is 5. The van der Waals surface area contributed by atoms with Gasteiger partial charge in [-0.1, -0.05) is 13.8 Å². The number of hydrogen-bond acceptors (Lipinski definition) is 9. The van der Waals surface area contributed by atoms with Crippen LogP contribution in [-0.4, -0.2) is 47.0 Å². The van der Waals surface area contributed by atoms with Crippen molar-refractivity contribution in [2.45, 2.75) is 38.6 Å². The first kappa shape index (κ1) is 20.8. The highest BCUT2D eigenvalue weighted by molar-refractivity contribution is 5.91. The van der Waals surface area contributed by atoms with E-state index in [-0.39, 0.29) is 17.8 Å². The summed E-state index contributed by atoms with van der Waals surface area (Å²) in [5, 5.41) is 11.1. The molecule has 1 saturated heterocycles. The van der Waals surface area contributed by atoms with Crippen LogP contribution >= 0.6 is 0 Å². The normalized spacial score (nSPS) is 15.1. The number of methoxy groups -OCH3 is 2. The molecule has 1 aliphatic rings. The van der Waals surface area contributed by atoms with E-state index in [1.807, 2.05) is 18.7 Å². The Morgan fingerprint density at radius 1 is 1.16 bits per heavy atom. The quantitative estimate of drug-likeness (QED) is 0.629.